The number of hydrogen-bond acceptors (Lipinski definition) is 2. The highest BCUT2D eigenvalue weighted by Crippen LogP contribution is 2.16. The van der Waals surface area contributed by atoms with Gasteiger partial charge < -0.3 is 14.6 Å². The van der Waals surface area contributed by atoms with E-state index in [0.717, 1.165) is 27.8 Å². The van der Waals surface area contributed by atoms with Crippen LogP contribution in [0.5, 0.6) is 5.75 Å². The molecular weight excluding hydrogens is 348 g/mol. The maximum atomic E-state index is 12.3. The number of nitrogens with zero attached hydrogens (tertiary/aromatic N) is 1. The van der Waals surface area contributed by atoms with Crippen molar-refractivity contribution in [1.29, 1.82) is 0 Å². The maximum absolute atomic E-state index is 12.3. The van der Waals surface area contributed by atoms with Gasteiger partial charge in [0.2, 0.25) is 5.91 Å². The summed E-state index contributed by atoms with van der Waals surface area (Å²) in [6.07, 6.45) is 1.95. The first kappa shape index (κ1) is 17.9. The van der Waals surface area contributed by atoms with E-state index in [4.69, 9.17) is 4.74 Å². The van der Waals surface area contributed by atoms with E-state index in [2.05, 4.69) is 5.32 Å². The molecule has 0 aliphatic carbocycles. The molecule has 140 valence electrons. The molecule has 4 aromatic rings. The summed E-state index contributed by atoms with van der Waals surface area (Å²) in [7, 11) is 0. The molecule has 1 heterocycles. The molecule has 0 atom stereocenters. The Labute approximate surface area is 164 Å². The second-order valence-electron chi connectivity index (χ2n) is 6.70. The molecule has 0 aliphatic rings. The van der Waals surface area contributed by atoms with Crippen molar-refractivity contribution in [3.8, 4) is 5.75 Å². The number of rotatable bonds is 7. The number of hydrogen-bond donors (Lipinski definition) is 1. The molecule has 0 spiro atoms. The predicted molar refractivity (Wildman–Crippen MR) is 111 cm³/mol. The standard InChI is InChI=1S/C24H22N2O2/c27-24(17-26-15-14-21-8-4-5-9-23(21)26)25-16-19-10-12-22(13-11-19)28-18-20-6-2-1-3-7-20/h1-15H,16-18H2,(H,25,27). The van der Waals surface area contributed by atoms with Crippen LogP contribution in [0.15, 0.2) is 91.1 Å². The van der Waals surface area contributed by atoms with Crippen LogP contribution in [0.3, 0.4) is 0 Å². The maximum Gasteiger partial charge on any atom is 0.240 e. The molecular formula is C24H22N2O2. The van der Waals surface area contributed by atoms with E-state index in [0.29, 0.717) is 19.7 Å². The van der Waals surface area contributed by atoms with Gasteiger partial charge in [-0.05, 0) is 40.8 Å². The van der Waals surface area contributed by atoms with E-state index in [1.54, 1.807) is 0 Å². The fourth-order valence-corrected chi connectivity index (χ4v) is 3.13. The lowest BCUT2D eigenvalue weighted by atomic mass is 10.2. The molecule has 1 N–H and O–H groups in total. The summed E-state index contributed by atoms with van der Waals surface area (Å²) in [5.74, 6) is 0.809. The monoisotopic (exact) mass is 370 g/mol. The summed E-state index contributed by atoms with van der Waals surface area (Å²) in [5.41, 5.74) is 3.24. The van der Waals surface area contributed by atoms with Crippen molar-refractivity contribution in [2.45, 2.75) is 19.7 Å². The smallest absolute Gasteiger partial charge is 0.240 e. The molecule has 28 heavy (non-hydrogen) atoms. The largest absolute Gasteiger partial charge is 0.489 e. The molecule has 4 heteroatoms. The molecule has 0 saturated heterocycles. The first-order valence-corrected chi connectivity index (χ1v) is 9.34. The minimum atomic E-state index is -0.00856. The van der Waals surface area contributed by atoms with Gasteiger partial charge in [0.05, 0.1) is 0 Å². The van der Waals surface area contributed by atoms with Crippen LogP contribution in [-0.2, 0) is 24.5 Å². The van der Waals surface area contributed by atoms with Crippen molar-refractivity contribution in [2.75, 3.05) is 0 Å². The Morgan fingerprint density at radius 1 is 0.821 bits per heavy atom. The Morgan fingerprint density at radius 2 is 1.57 bits per heavy atom. The molecule has 0 unspecified atom stereocenters. The Balaban J connectivity index is 1.28. The number of nitrogens with one attached hydrogen (secondary N) is 1. The van der Waals surface area contributed by atoms with Gasteiger partial charge in [-0.15, -0.1) is 0 Å². The normalized spacial score (nSPS) is 10.7. The molecule has 3 aromatic carbocycles. The van der Waals surface area contributed by atoms with Gasteiger partial charge in [-0.3, -0.25) is 4.79 Å². The van der Waals surface area contributed by atoms with Gasteiger partial charge in [0.25, 0.3) is 0 Å². The summed E-state index contributed by atoms with van der Waals surface area (Å²) >= 11 is 0. The van der Waals surface area contributed by atoms with E-state index < -0.39 is 0 Å². The number of carbonyl (C=O) groups excluding carboxylic acids is 1. The van der Waals surface area contributed by atoms with Crippen LogP contribution in [0.2, 0.25) is 0 Å². The topological polar surface area (TPSA) is 43.3 Å². The Bertz CT molecular complexity index is 1050. The van der Waals surface area contributed by atoms with Crippen LogP contribution in [0.1, 0.15) is 11.1 Å². The predicted octanol–water partition coefficient (Wildman–Crippen LogP) is 4.54. The zero-order valence-corrected chi connectivity index (χ0v) is 15.5. The third-order valence-electron chi connectivity index (χ3n) is 4.66. The number of para-hydroxylation sites is 1. The highest BCUT2D eigenvalue weighted by atomic mass is 16.5. The quantitative estimate of drug-likeness (QED) is 0.519. The molecule has 0 saturated carbocycles. The van der Waals surface area contributed by atoms with Crippen molar-refractivity contribution in [3.63, 3.8) is 0 Å². The van der Waals surface area contributed by atoms with Crippen molar-refractivity contribution in [1.82, 2.24) is 9.88 Å². The summed E-state index contributed by atoms with van der Waals surface area (Å²) in [6, 6.07) is 28.0. The van der Waals surface area contributed by atoms with Crippen LogP contribution in [-0.4, -0.2) is 10.5 Å². The zero-order valence-electron chi connectivity index (χ0n) is 15.5. The van der Waals surface area contributed by atoms with E-state index in [-0.39, 0.29) is 5.91 Å². The van der Waals surface area contributed by atoms with Gasteiger partial charge >= 0.3 is 0 Å². The van der Waals surface area contributed by atoms with Gasteiger partial charge in [-0.2, -0.15) is 0 Å². The van der Waals surface area contributed by atoms with Gasteiger partial charge in [0.15, 0.2) is 0 Å². The summed E-state index contributed by atoms with van der Waals surface area (Å²) in [4.78, 5) is 12.3. The van der Waals surface area contributed by atoms with Crippen LogP contribution in [0.25, 0.3) is 10.9 Å². The molecule has 1 aromatic heterocycles. The first-order chi connectivity index (χ1) is 13.8. The van der Waals surface area contributed by atoms with Gasteiger partial charge in [-0.1, -0.05) is 60.7 Å². The number of fused-ring (bicyclic) bond motifs is 1. The minimum absolute atomic E-state index is 0.00856. The molecule has 1 amide bonds. The average molecular weight is 370 g/mol. The van der Waals surface area contributed by atoms with E-state index in [1.165, 1.54) is 0 Å². The van der Waals surface area contributed by atoms with Crippen LogP contribution >= 0.6 is 0 Å². The second kappa shape index (κ2) is 8.44. The Hall–Kier alpha value is -3.53. The Kier molecular flexibility index (Phi) is 5.38. The van der Waals surface area contributed by atoms with Crippen LogP contribution in [0, 0.1) is 0 Å². The molecule has 0 aliphatic heterocycles. The number of benzene rings is 3. The van der Waals surface area contributed by atoms with Crippen LogP contribution in [0.4, 0.5) is 0 Å². The van der Waals surface area contributed by atoms with Crippen molar-refractivity contribution < 1.29 is 9.53 Å². The van der Waals surface area contributed by atoms with Crippen LogP contribution < -0.4 is 10.1 Å². The Morgan fingerprint density at radius 3 is 2.39 bits per heavy atom. The third-order valence-corrected chi connectivity index (χ3v) is 4.66. The number of ether oxygens (including phenoxy) is 1. The molecule has 0 bridgehead atoms. The van der Waals surface area contributed by atoms with Crippen molar-refractivity contribution in [2.24, 2.45) is 0 Å². The SMILES string of the molecule is O=C(Cn1ccc2ccccc21)NCc1ccc(OCc2ccccc2)cc1. The fraction of sp³-hybridized carbons (Fsp3) is 0.125. The summed E-state index contributed by atoms with van der Waals surface area (Å²) in [6.45, 7) is 1.35. The average Bonchev–Trinajstić information content (AvgIpc) is 3.15. The van der Waals surface area contributed by atoms with Gasteiger partial charge in [0.1, 0.15) is 18.9 Å². The lowest BCUT2D eigenvalue weighted by Crippen LogP contribution is -2.26. The molecule has 0 fully saturated rings. The summed E-state index contributed by atoms with van der Waals surface area (Å²) in [5, 5.41) is 4.12. The van der Waals surface area contributed by atoms with Gasteiger partial charge in [-0.25, -0.2) is 0 Å². The second-order valence-corrected chi connectivity index (χ2v) is 6.70. The van der Waals surface area contributed by atoms with Gasteiger partial charge in [0, 0.05) is 18.3 Å². The van der Waals surface area contributed by atoms with Crippen molar-refractivity contribution >= 4 is 16.8 Å². The van der Waals surface area contributed by atoms with Crippen molar-refractivity contribution in [3.05, 3.63) is 102 Å². The fourth-order valence-electron chi connectivity index (χ4n) is 3.13. The lowest BCUT2D eigenvalue weighted by molar-refractivity contribution is -0.121. The lowest BCUT2D eigenvalue weighted by Gasteiger charge is -2.09. The molecule has 4 rings (SSSR count). The van der Waals surface area contributed by atoms with E-state index >= 15 is 0 Å². The zero-order chi connectivity index (χ0) is 19.2. The molecule has 0 radical (unpaired) electrons. The van der Waals surface area contributed by atoms with E-state index in [9.17, 15) is 4.79 Å². The first-order valence-electron chi connectivity index (χ1n) is 9.34. The number of carbonyl (C=O) groups is 1. The minimum Gasteiger partial charge on any atom is -0.489 e. The number of amides is 1. The number of aromatic nitrogens is 1. The third kappa shape index (κ3) is 4.41. The molecule has 4 nitrogen and oxygen atoms in total. The van der Waals surface area contributed by atoms with E-state index in [1.807, 2.05) is 95.7 Å². The summed E-state index contributed by atoms with van der Waals surface area (Å²) < 4.78 is 7.76. The highest BCUT2D eigenvalue weighted by Gasteiger charge is 2.06. The highest BCUT2D eigenvalue weighted by molar-refractivity contribution is 5.83.